The maximum Gasteiger partial charge on any atom is 0.345 e. The third-order valence-corrected chi connectivity index (χ3v) is 5.63. The zero-order valence-corrected chi connectivity index (χ0v) is 19.3. The molecule has 9 nitrogen and oxygen atoms in total. The lowest BCUT2D eigenvalue weighted by atomic mass is 9.82. The predicted molar refractivity (Wildman–Crippen MR) is 123 cm³/mol. The number of hydrogen-bond donors (Lipinski definition) is 1. The summed E-state index contributed by atoms with van der Waals surface area (Å²) in [4.78, 5) is 61.5. The number of carbonyl (C=O) groups is 4. The molecule has 34 heavy (non-hydrogen) atoms. The molecule has 1 N–H and O–H groups in total. The molecular formula is C25H26N2O7. The maximum atomic E-state index is 13.0. The zero-order chi connectivity index (χ0) is 25.0. The summed E-state index contributed by atoms with van der Waals surface area (Å²) in [6, 6.07) is 8.16. The van der Waals surface area contributed by atoms with Gasteiger partial charge >= 0.3 is 5.97 Å². The van der Waals surface area contributed by atoms with Gasteiger partial charge in [-0.05, 0) is 31.4 Å². The molecule has 0 aromatic heterocycles. The molecule has 0 saturated heterocycles. The molecule has 0 heterocycles. The van der Waals surface area contributed by atoms with Crippen molar-refractivity contribution in [3.05, 3.63) is 74.3 Å². The van der Waals surface area contributed by atoms with Crippen molar-refractivity contribution in [2.45, 2.75) is 46.1 Å². The van der Waals surface area contributed by atoms with E-state index in [1.807, 2.05) is 6.92 Å². The summed E-state index contributed by atoms with van der Waals surface area (Å²) in [5, 5.41) is 14.6. The minimum atomic E-state index is -1.13. The molecule has 1 atom stereocenters. The quantitative estimate of drug-likeness (QED) is 0.288. The van der Waals surface area contributed by atoms with E-state index in [1.54, 1.807) is 12.1 Å². The monoisotopic (exact) mass is 466 g/mol. The molecule has 3 rings (SSSR count). The molecule has 1 aliphatic carbocycles. The fraction of sp³-hybridized carbons (Fsp3) is 0.360. The fourth-order valence-electron chi connectivity index (χ4n) is 3.95. The van der Waals surface area contributed by atoms with Crippen LogP contribution in [0.4, 0.5) is 5.69 Å². The van der Waals surface area contributed by atoms with Gasteiger partial charge in [-0.3, -0.25) is 24.5 Å². The number of rotatable bonds is 9. The Morgan fingerprint density at radius 1 is 0.971 bits per heavy atom. The number of fused-ring (bicyclic) bond motifs is 2. The lowest BCUT2D eigenvalue weighted by Crippen LogP contribution is -2.36. The number of nitro benzene ring substituents is 1. The van der Waals surface area contributed by atoms with Crippen LogP contribution >= 0.6 is 0 Å². The van der Waals surface area contributed by atoms with Crippen LogP contribution in [-0.4, -0.2) is 41.0 Å². The van der Waals surface area contributed by atoms with Crippen molar-refractivity contribution in [3.8, 4) is 0 Å². The SMILES string of the molecule is CC(C)CCCC(C)NC(=O)COC(=O)c1ccc2c(c1[N+](=O)[O-])C(=O)c1ccccc1C2=O. The summed E-state index contributed by atoms with van der Waals surface area (Å²) in [5.74, 6) is -2.37. The molecule has 1 amide bonds. The number of nitrogens with one attached hydrogen (secondary N) is 1. The van der Waals surface area contributed by atoms with Gasteiger partial charge in [0.2, 0.25) is 5.78 Å². The van der Waals surface area contributed by atoms with Crippen molar-refractivity contribution < 1.29 is 28.8 Å². The Kier molecular flexibility index (Phi) is 7.55. The number of hydrogen-bond acceptors (Lipinski definition) is 7. The van der Waals surface area contributed by atoms with E-state index in [2.05, 4.69) is 19.2 Å². The molecule has 1 unspecified atom stereocenters. The van der Waals surface area contributed by atoms with Gasteiger partial charge in [0.05, 0.1) is 4.92 Å². The predicted octanol–water partition coefficient (Wildman–Crippen LogP) is 3.86. The first-order valence-electron chi connectivity index (χ1n) is 11.1. The van der Waals surface area contributed by atoms with Crippen LogP contribution in [0.25, 0.3) is 0 Å². The van der Waals surface area contributed by atoms with Crippen LogP contribution in [0.3, 0.4) is 0 Å². The summed E-state index contributed by atoms with van der Waals surface area (Å²) < 4.78 is 5.00. The van der Waals surface area contributed by atoms with E-state index in [-0.39, 0.29) is 22.7 Å². The number of benzene rings is 2. The van der Waals surface area contributed by atoms with Gasteiger partial charge < -0.3 is 10.1 Å². The van der Waals surface area contributed by atoms with Crippen LogP contribution in [0.5, 0.6) is 0 Å². The van der Waals surface area contributed by atoms with Gasteiger partial charge in [-0.1, -0.05) is 51.0 Å². The highest BCUT2D eigenvalue weighted by molar-refractivity contribution is 6.30. The lowest BCUT2D eigenvalue weighted by molar-refractivity contribution is -0.385. The lowest BCUT2D eigenvalue weighted by Gasteiger charge is -2.18. The van der Waals surface area contributed by atoms with Crippen LogP contribution in [0.1, 0.15) is 82.2 Å². The molecule has 0 saturated carbocycles. The second kappa shape index (κ2) is 10.4. The first-order chi connectivity index (χ1) is 16.1. The Bertz CT molecular complexity index is 1170. The van der Waals surface area contributed by atoms with Crippen molar-refractivity contribution in [2.24, 2.45) is 5.92 Å². The van der Waals surface area contributed by atoms with Crippen LogP contribution in [-0.2, 0) is 9.53 Å². The second-order valence-electron chi connectivity index (χ2n) is 8.71. The zero-order valence-electron chi connectivity index (χ0n) is 19.3. The number of esters is 1. The molecular weight excluding hydrogens is 440 g/mol. The number of carbonyl (C=O) groups excluding carboxylic acids is 4. The number of amides is 1. The van der Waals surface area contributed by atoms with E-state index in [0.29, 0.717) is 5.92 Å². The Morgan fingerprint density at radius 3 is 2.24 bits per heavy atom. The molecule has 2 aromatic rings. The van der Waals surface area contributed by atoms with E-state index in [9.17, 15) is 29.3 Å². The van der Waals surface area contributed by atoms with E-state index in [0.717, 1.165) is 25.3 Å². The van der Waals surface area contributed by atoms with Crippen LogP contribution in [0.15, 0.2) is 36.4 Å². The molecule has 9 heteroatoms. The van der Waals surface area contributed by atoms with Gasteiger partial charge in [0.15, 0.2) is 12.4 Å². The normalized spacial score (nSPS) is 13.2. The molecule has 1 aliphatic rings. The van der Waals surface area contributed by atoms with Crippen molar-refractivity contribution in [1.82, 2.24) is 5.32 Å². The average Bonchev–Trinajstić information content (AvgIpc) is 2.79. The number of ether oxygens (including phenoxy) is 1. The summed E-state index contributed by atoms with van der Waals surface area (Å²) in [5.41, 5.74) is -1.74. The highest BCUT2D eigenvalue weighted by atomic mass is 16.6. The second-order valence-corrected chi connectivity index (χ2v) is 8.71. The largest absolute Gasteiger partial charge is 0.452 e. The van der Waals surface area contributed by atoms with E-state index in [4.69, 9.17) is 4.74 Å². The average molecular weight is 466 g/mol. The summed E-state index contributed by atoms with van der Waals surface area (Å²) in [6.07, 6.45) is 2.74. The smallest absolute Gasteiger partial charge is 0.345 e. The fourth-order valence-corrected chi connectivity index (χ4v) is 3.95. The summed E-state index contributed by atoms with van der Waals surface area (Å²) in [6.45, 7) is 5.45. The number of ketones is 2. The Hall–Kier alpha value is -3.88. The molecule has 178 valence electrons. The van der Waals surface area contributed by atoms with Gasteiger partial charge in [0.1, 0.15) is 11.1 Å². The van der Waals surface area contributed by atoms with Gasteiger partial charge in [0, 0.05) is 22.7 Å². The third-order valence-electron chi connectivity index (χ3n) is 5.63. The molecule has 2 aromatic carbocycles. The Balaban J connectivity index is 1.77. The van der Waals surface area contributed by atoms with Crippen LogP contribution in [0, 0.1) is 16.0 Å². The third kappa shape index (κ3) is 5.19. The minimum Gasteiger partial charge on any atom is -0.452 e. The highest BCUT2D eigenvalue weighted by Gasteiger charge is 2.39. The molecule has 0 bridgehead atoms. The van der Waals surface area contributed by atoms with E-state index < -0.39 is 51.8 Å². The first-order valence-corrected chi connectivity index (χ1v) is 11.1. The standard InChI is InChI=1S/C25H26N2O7/c1-14(2)7-6-8-15(3)26-20(28)13-34-25(31)19-12-11-18-21(22(19)27(32)33)24(30)17-10-5-4-9-16(17)23(18)29/h4-5,9-12,14-15H,6-8,13H2,1-3H3,(H,26,28). The highest BCUT2D eigenvalue weighted by Crippen LogP contribution is 2.35. The van der Waals surface area contributed by atoms with Gasteiger partial charge in [-0.2, -0.15) is 0 Å². The van der Waals surface area contributed by atoms with Crippen molar-refractivity contribution in [2.75, 3.05) is 6.61 Å². The van der Waals surface area contributed by atoms with Crippen molar-refractivity contribution >= 4 is 29.1 Å². The van der Waals surface area contributed by atoms with Crippen LogP contribution < -0.4 is 5.32 Å². The van der Waals surface area contributed by atoms with E-state index in [1.165, 1.54) is 18.2 Å². The first kappa shape index (κ1) is 24.8. The minimum absolute atomic E-state index is 0.0273. The molecule has 0 fully saturated rings. The number of nitrogens with zero attached hydrogens (tertiary/aromatic N) is 1. The summed E-state index contributed by atoms with van der Waals surface area (Å²) >= 11 is 0. The molecule has 0 radical (unpaired) electrons. The topological polar surface area (TPSA) is 133 Å². The Labute approximate surface area is 196 Å². The van der Waals surface area contributed by atoms with Crippen LogP contribution in [0.2, 0.25) is 0 Å². The summed E-state index contributed by atoms with van der Waals surface area (Å²) in [7, 11) is 0. The molecule has 0 aliphatic heterocycles. The van der Waals surface area contributed by atoms with Gasteiger partial charge in [-0.15, -0.1) is 0 Å². The Morgan fingerprint density at radius 2 is 1.62 bits per heavy atom. The number of nitro groups is 1. The van der Waals surface area contributed by atoms with E-state index >= 15 is 0 Å². The maximum absolute atomic E-state index is 13.0. The van der Waals surface area contributed by atoms with Crippen molar-refractivity contribution in [1.29, 1.82) is 0 Å². The van der Waals surface area contributed by atoms with Gasteiger partial charge in [-0.25, -0.2) is 4.79 Å². The van der Waals surface area contributed by atoms with Crippen molar-refractivity contribution in [3.63, 3.8) is 0 Å². The van der Waals surface area contributed by atoms with Gasteiger partial charge in [0.25, 0.3) is 11.6 Å². The molecule has 0 spiro atoms.